The van der Waals surface area contributed by atoms with Crippen LogP contribution in [0.25, 0.3) is 0 Å². The van der Waals surface area contributed by atoms with Crippen molar-refractivity contribution in [3.8, 4) is 0 Å². The number of hydrogen-bond donors (Lipinski definition) is 1. The molecule has 1 aromatic carbocycles. The van der Waals surface area contributed by atoms with Gasteiger partial charge in [0.15, 0.2) is 11.4 Å². The van der Waals surface area contributed by atoms with Gasteiger partial charge in [-0.2, -0.15) is 0 Å². The van der Waals surface area contributed by atoms with Crippen LogP contribution < -0.4 is 4.90 Å². The maximum atomic E-state index is 12.9. The number of pyridine rings is 1. The summed E-state index contributed by atoms with van der Waals surface area (Å²) in [5, 5.41) is 11.1. The van der Waals surface area contributed by atoms with Gasteiger partial charge >= 0.3 is 0 Å². The van der Waals surface area contributed by atoms with Crippen LogP contribution in [0, 0.1) is 0 Å². The van der Waals surface area contributed by atoms with Crippen molar-refractivity contribution in [2.24, 2.45) is 0 Å². The van der Waals surface area contributed by atoms with Crippen LogP contribution in [-0.2, 0) is 10.4 Å². The molecule has 0 saturated carbocycles. The molecule has 0 aliphatic carbocycles. The lowest BCUT2D eigenvalue weighted by atomic mass is 9.88. The Balaban J connectivity index is 1.94. The first-order chi connectivity index (χ1) is 11.6. The summed E-state index contributed by atoms with van der Waals surface area (Å²) in [6.07, 6.45) is 4.56. The SMILES string of the molecule is CCCCN1C(=O)[C@@](O)(CC(=O)c2ccncc2)c2ccccc21. The molecule has 1 aromatic heterocycles. The van der Waals surface area contributed by atoms with E-state index in [4.69, 9.17) is 0 Å². The topological polar surface area (TPSA) is 70.5 Å². The van der Waals surface area contributed by atoms with Crippen molar-refractivity contribution in [1.82, 2.24) is 4.98 Å². The lowest BCUT2D eigenvalue weighted by Crippen LogP contribution is -2.42. The minimum atomic E-state index is -1.80. The minimum Gasteiger partial charge on any atom is -0.375 e. The Morgan fingerprint density at radius 3 is 2.62 bits per heavy atom. The summed E-state index contributed by atoms with van der Waals surface area (Å²) in [4.78, 5) is 30.9. The van der Waals surface area contributed by atoms with Gasteiger partial charge < -0.3 is 10.0 Å². The molecule has 0 saturated heterocycles. The summed E-state index contributed by atoms with van der Waals surface area (Å²) < 4.78 is 0. The molecule has 2 heterocycles. The van der Waals surface area contributed by atoms with Gasteiger partial charge in [-0.15, -0.1) is 0 Å². The van der Waals surface area contributed by atoms with E-state index in [1.807, 2.05) is 19.1 Å². The van der Waals surface area contributed by atoms with Gasteiger partial charge in [-0.1, -0.05) is 31.5 Å². The van der Waals surface area contributed by atoms with Crippen molar-refractivity contribution in [2.45, 2.75) is 31.8 Å². The number of para-hydroxylation sites is 1. The number of aliphatic hydroxyl groups is 1. The van der Waals surface area contributed by atoms with Gasteiger partial charge in [0.2, 0.25) is 0 Å². The van der Waals surface area contributed by atoms with Crippen molar-refractivity contribution in [3.63, 3.8) is 0 Å². The highest BCUT2D eigenvalue weighted by atomic mass is 16.3. The monoisotopic (exact) mass is 324 g/mol. The molecule has 0 fully saturated rings. The first-order valence-corrected chi connectivity index (χ1v) is 8.15. The molecule has 1 aliphatic rings. The summed E-state index contributed by atoms with van der Waals surface area (Å²) in [6.45, 7) is 2.59. The van der Waals surface area contributed by atoms with E-state index >= 15 is 0 Å². The second-order valence-corrected chi connectivity index (χ2v) is 6.02. The lowest BCUT2D eigenvalue weighted by Gasteiger charge is -2.22. The molecule has 0 spiro atoms. The molecular formula is C19H20N2O3. The summed E-state index contributed by atoms with van der Waals surface area (Å²) >= 11 is 0. The Morgan fingerprint density at radius 2 is 1.92 bits per heavy atom. The summed E-state index contributed by atoms with van der Waals surface area (Å²) in [6, 6.07) is 10.3. The smallest absolute Gasteiger partial charge is 0.264 e. The normalized spacial score (nSPS) is 19.4. The standard InChI is InChI=1S/C19H20N2O3/c1-2-3-12-21-16-7-5-4-6-15(16)19(24,18(21)23)13-17(22)14-8-10-20-11-9-14/h4-11,24H,2-3,12-13H2,1H3/t19-/m1/s1. The summed E-state index contributed by atoms with van der Waals surface area (Å²) in [7, 11) is 0. The molecule has 24 heavy (non-hydrogen) atoms. The fourth-order valence-corrected chi connectivity index (χ4v) is 3.09. The summed E-state index contributed by atoms with van der Waals surface area (Å²) in [5.74, 6) is -0.694. The number of carbonyl (C=O) groups is 2. The first-order valence-electron chi connectivity index (χ1n) is 8.15. The number of benzene rings is 1. The minimum absolute atomic E-state index is 0.268. The quantitative estimate of drug-likeness (QED) is 0.829. The largest absolute Gasteiger partial charge is 0.375 e. The van der Waals surface area contributed by atoms with Crippen molar-refractivity contribution < 1.29 is 14.7 Å². The molecule has 1 atom stereocenters. The van der Waals surface area contributed by atoms with Crippen molar-refractivity contribution in [1.29, 1.82) is 0 Å². The van der Waals surface area contributed by atoms with E-state index in [2.05, 4.69) is 4.98 Å². The molecule has 5 heteroatoms. The van der Waals surface area contributed by atoms with Gasteiger partial charge in [-0.3, -0.25) is 14.6 Å². The molecule has 1 aliphatic heterocycles. The maximum absolute atomic E-state index is 12.9. The predicted octanol–water partition coefficient (Wildman–Crippen LogP) is 2.69. The van der Waals surface area contributed by atoms with E-state index in [1.54, 1.807) is 29.2 Å². The van der Waals surface area contributed by atoms with E-state index in [0.29, 0.717) is 23.4 Å². The van der Waals surface area contributed by atoms with Gasteiger partial charge in [0.1, 0.15) is 0 Å². The number of aromatic nitrogens is 1. The van der Waals surface area contributed by atoms with Crippen molar-refractivity contribution in [3.05, 3.63) is 59.9 Å². The fraction of sp³-hybridized carbons (Fsp3) is 0.316. The molecule has 1 N–H and O–H groups in total. The number of ketones is 1. The van der Waals surface area contributed by atoms with E-state index in [1.165, 1.54) is 12.4 Å². The highest BCUT2D eigenvalue weighted by Gasteiger charge is 2.50. The predicted molar refractivity (Wildman–Crippen MR) is 90.8 cm³/mol. The number of nitrogens with zero attached hydrogens (tertiary/aromatic N) is 2. The van der Waals surface area contributed by atoms with Crippen LogP contribution in [0.5, 0.6) is 0 Å². The zero-order chi connectivity index (χ0) is 17.2. The average molecular weight is 324 g/mol. The van der Waals surface area contributed by atoms with E-state index in [0.717, 1.165) is 12.8 Å². The Bertz CT molecular complexity index is 760. The number of anilines is 1. The van der Waals surface area contributed by atoms with Gasteiger partial charge in [0.25, 0.3) is 5.91 Å². The Kier molecular flexibility index (Phi) is 4.44. The molecule has 1 amide bonds. The van der Waals surface area contributed by atoms with Gasteiger partial charge in [0.05, 0.1) is 12.1 Å². The van der Waals surface area contributed by atoms with Crippen LogP contribution in [0.15, 0.2) is 48.8 Å². The molecule has 3 rings (SSSR count). The molecule has 0 unspecified atom stereocenters. The molecule has 2 aromatic rings. The highest BCUT2D eigenvalue weighted by Crippen LogP contribution is 2.42. The van der Waals surface area contributed by atoms with Crippen molar-refractivity contribution in [2.75, 3.05) is 11.4 Å². The van der Waals surface area contributed by atoms with Crippen LogP contribution >= 0.6 is 0 Å². The van der Waals surface area contributed by atoms with E-state index in [-0.39, 0.29) is 12.2 Å². The maximum Gasteiger partial charge on any atom is 0.264 e. The third kappa shape index (κ3) is 2.71. The van der Waals surface area contributed by atoms with E-state index < -0.39 is 11.5 Å². The lowest BCUT2D eigenvalue weighted by molar-refractivity contribution is -0.135. The molecule has 0 bridgehead atoms. The molecular weight excluding hydrogens is 304 g/mol. The van der Waals surface area contributed by atoms with Gasteiger partial charge in [0, 0.05) is 30.1 Å². The Morgan fingerprint density at radius 1 is 1.21 bits per heavy atom. The van der Waals surface area contributed by atoms with Gasteiger partial charge in [-0.05, 0) is 24.6 Å². The number of fused-ring (bicyclic) bond motifs is 1. The molecule has 124 valence electrons. The van der Waals surface area contributed by atoms with Crippen LogP contribution in [0.4, 0.5) is 5.69 Å². The second-order valence-electron chi connectivity index (χ2n) is 6.02. The second kappa shape index (κ2) is 6.53. The summed E-state index contributed by atoms with van der Waals surface area (Å²) in [5.41, 5.74) is -0.157. The first kappa shape index (κ1) is 16.3. The number of amides is 1. The molecule has 5 nitrogen and oxygen atoms in total. The van der Waals surface area contributed by atoms with Crippen LogP contribution in [0.2, 0.25) is 0 Å². The fourth-order valence-electron chi connectivity index (χ4n) is 3.09. The number of carbonyl (C=O) groups excluding carboxylic acids is 2. The van der Waals surface area contributed by atoms with Crippen LogP contribution in [0.3, 0.4) is 0 Å². The Hall–Kier alpha value is -2.53. The van der Waals surface area contributed by atoms with Crippen molar-refractivity contribution >= 4 is 17.4 Å². The highest BCUT2D eigenvalue weighted by molar-refractivity contribution is 6.10. The number of unbranched alkanes of at least 4 members (excludes halogenated alkanes) is 1. The number of hydrogen-bond acceptors (Lipinski definition) is 4. The third-order valence-electron chi connectivity index (χ3n) is 4.39. The van der Waals surface area contributed by atoms with Crippen LogP contribution in [-0.4, -0.2) is 28.3 Å². The Labute approximate surface area is 140 Å². The third-order valence-corrected chi connectivity index (χ3v) is 4.39. The number of Topliss-reactive ketones (excluding diaryl/α,β-unsaturated/α-hetero) is 1. The molecule has 0 radical (unpaired) electrons. The zero-order valence-corrected chi connectivity index (χ0v) is 13.6. The number of rotatable bonds is 6. The van der Waals surface area contributed by atoms with E-state index in [9.17, 15) is 14.7 Å². The average Bonchev–Trinajstić information content (AvgIpc) is 2.82. The van der Waals surface area contributed by atoms with Crippen LogP contribution in [0.1, 0.15) is 42.1 Å². The zero-order valence-electron chi connectivity index (χ0n) is 13.6. The van der Waals surface area contributed by atoms with Gasteiger partial charge in [-0.25, -0.2) is 0 Å².